The molecule has 0 spiro atoms. The summed E-state index contributed by atoms with van der Waals surface area (Å²) >= 11 is 0. The molecule has 0 fully saturated rings. The zero-order valence-electron chi connectivity index (χ0n) is 7.37. The normalized spacial score (nSPS) is 8.92. The Morgan fingerprint density at radius 2 is 2.46 bits per heavy atom. The second-order valence-electron chi connectivity index (χ2n) is 2.57. The smallest absolute Gasteiger partial charge is 0.217 e. The Morgan fingerprint density at radius 3 is 3.08 bits per heavy atom. The quantitative estimate of drug-likeness (QED) is 0.670. The fourth-order valence-electron chi connectivity index (χ4n) is 0.873. The van der Waals surface area contributed by atoms with E-state index in [2.05, 4.69) is 16.2 Å². The summed E-state index contributed by atoms with van der Waals surface area (Å²) in [6.07, 6.45) is 5.17. The number of rotatable bonds is 2. The van der Waals surface area contributed by atoms with E-state index >= 15 is 0 Å². The standard InChI is InChI=1S/C10H10N2O/c1-3-9-5-4-6-10(12-9)7-11-8(2)13/h1,4-6H,7H2,2H3,(H,11,13). The summed E-state index contributed by atoms with van der Waals surface area (Å²) < 4.78 is 0. The molecule has 1 aromatic heterocycles. The molecule has 1 N–H and O–H groups in total. The van der Waals surface area contributed by atoms with Gasteiger partial charge in [-0.2, -0.15) is 0 Å². The number of carbonyl (C=O) groups excluding carboxylic acids is 1. The number of nitrogens with one attached hydrogen (secondary N) is 1. The molecule has 0 saturated heterocycles. The van der Waals surface area contributed by atoms with E-state index < -0.39 is 0 Å². The minimum Gasteiger partial charge on any atom is -0.351 e. The van der Waals surface area contributed by atoms with Crippen LogP contribution < -0.4 is 5.32 Å². The lowest BCUT2D eigenvalue weighted by Crippen LogP contribution is -2.19. The molecule has 0 unspecified atom stereocenters. The molecule has 1 rings (SSSR count). The van der Waals surface area contributed by atoms with E-state index in [1.54, 1.807) is 6.07 Å². The van der Waals surface area contributed by atoms with Crippen molar-refractivity contribution in [3.63, 3.8) is 0 Å². The van der Waals surface area contributed by atoms with E-state index in [1.807, 2.05) is 12.1 Å². The van der Waals surface area contributed by atoms with Crippen molar-refractivity contribution >= 4 is 5.91 Å². The third-order valence-corrected chi connectivity index (χ3v) is 1.47. The minimum atomic E-state index is -0.0760. The van der Waals surface area contributed by atoms with Gasteiger partial charge in [0.1, 0.15) is 5.69 Å². The molecule has 0 saturated carbocycles. The van der Waals surface area contributed by atoms with Crippen molar-refractivity contribution < 1.29 is 4.79 Å². The molecule has 3 nitrogen and oxygen atoms in total. The van der Waals surface area contributed by atoms with Crippen LogP contribution >= 0.6 is 0 Å². The number of amides is 1. The highest BCUT2D eigenvalue weighted by Gasteiger charge is 1.96. The molecule has 0 atom stereocenters. The first-order chi connectivity index (χ1) is 6.22. The Morgan fingerprint density at radius 1 is 1.69 bits per heavy atom. The second-order valence-corrected chi connectivity index (χ2v) is 2.57. The number of nitrogens with zero attached hydrogens (tertiary/aromatic N) is 1. The Kier molecular flexibility index (Phi) is 3.04. The maximum Gasteiger partial charge on any atom is 0.217 e. The van der Waals surface area contributed by atoms with Crippen LogP contribution in [0.5, 0.6) is 0 Å². The number of aromatic nitrogens is 1. The summed E-state index contributed by atoms with van der Waals surface area (Å²) in [7, 11) is 0. The lowest BCUT2D eigenvalue weighted by molar-refractivity contribution is -0.119. The Hall–Kier alpha value is -1.82. The highest BCUT2D eigenvalue weighted by Crippen LogP contribution is 1.97. The van der Waals surface area contributed by atoms with Crippen molar-refractivity contribution in [3.05, 3.63) is 29.6 Å². The van der Waals surface area contributed by atoms with Gasteiger partial charge in [-0.05, 0) is 12.1 Å². The SMILES string of the molecule is C#Cc1cccc(CNC(C)=O)n1. The van der Waals surface area contributed by atoms with Crippen molar-refractivity contribution in [1.29, 1.82) is 0 Å². The number of hydrogen-bond acceptors (Lipinski definition) is 2. The van der Waals surface area contributed by atoms with Gasteiger partial charge >= 0.3 is 0 Å². The van der Waals surface area contributed by atoms with Crippen LogP contribution in [0.4, 0.5) is 0 Å². The van der Waals surface area contributed by atoms with E-state index in [1.165, 1.54) is 6.92 Å². The zero-order valence-corrected chi connectivity index (χ0v) is 7.37. The van der Waals surface area contributed by atoms with Crippen LogP contribution in [0.3, 0.4) is 0 Å². The Balaban J connectivity index is 2.68. The first-order valence-electron chi connectivity index (χ1n) is 3.89. The van der Waals surface area contributed by atoms with Crippen molar-refractivity contribution in [3.8, 4) is 12.3 Å². The van der Waals surface area contributed by atoms with Crippen LogP contribution in [0, 0.1) is 12.3 Å². The maximum absolute atomic E-state index is 10.6. The summed E-state index contributed by atoms with van der Waals surface area (Å²) in [4.78, 5) is 14.7. The molecule has 1 aromatic rings. The van der Waals surface area contributed by atoms with E-state index in [-0.39, 0.29) is 5.91 Å². The molecule has 3 heteroatoms. The van der Waals surface area contributed by atoms with Gasteiger partial charge in [-0.1, -0.05) is 12.0 Å². The molecule has 0 radical (unpaired) electrons. The van der Waals surface area contributed by atoms with Crippen LogP contribution in [0.25, 0.3) is 0 Å². The number of terminal acetylenes is 1. The molecule has 1 amide bonds. The molecule has 1 heterocycles. The van der Waals surface area contributed by atoms with E-state index in [0.717, 1.165) is 5.69 Å². The second kappa shape index (κ2) is 4.27. The van der Waals surface area contributed by atoms with Gasteiger partial charge < -0.3 is 5.32 Å². The third-order valence-electron chi connectivity index (χ3n) is 1.47. The molecule has 0 aromatic carbocycles. The summed E-state index contributed by atoms with van der Waals surface area (Å²) in [6, 6.07) is 5.38. The van der Waals surface area contributed by atoms with Gasteiger partial charge in [0.05, 0.1) is 12.2 Å². The fourth-order valence-corrected chi connectivity index (χ4v) is 0.873. The Bertz CT molecular complexity index is 352. The van der Waals surface area contributed by atoms with Crippen molar-refractivity contribution in [2.24, 2.45) is 0 Å². The summed E-state index contributed by atoms with van der Waals surface area (Å²) in [5.41, 5.74) is 1.36. The van der Waals surface area contributed by atoms with Gasteiger partial charge in [0, 0.05) is 6.92 Å². The predicted octanol–water partition coefficient (Wildman–Crippen LogP) is 0.699. The highest BCUT2D eigenvalue weighted by atomic mass is 16.1. The van der Waals surface area contributed by atoms with Crippen molar-refractivity contribution in [2.45, 2.75) is 13.5 Å². The average Bonchev–Trinajstić information content (AvgIpc) is 2.15. The van der Waals surface area contributed by atoms with Gasteiger partial charge in [0.2, 0.25) is 5.91 Å². The lowest BCUT2D eigenvalue weighted by Gasteiger charge is -2.01. The topological polar surface area (TPSA) is 42.0 Å². The number of carbonyl (C=O) groups is 1. The molecular weight excluding hydrogens is 164 g/mol. The third kappa shape index (κ3) is 2.96. The largest absolute Gasteiger partial charge is 0.351 e. The van der Waals surface area contributed by atoms with Gasteiger partial charge in [0.15, 0.2) is 0 Å². The first kappa shape index (κ1) is 9.27. The molecular formula is C10H10N2O. The van der Waals surface area contributed by atoms with Gasteiger partial charge in [-0.25, -0.2) is 4.98 Å². The van der Waals surface area contributed by atoms with Gasteiger partial charge in [0.25, 0.3) is 0 Å². The summed E-state index contributed by atoms with van der Waals surface area (Å²) in [5, 5.41) is 2.64. The van der Waals surface area contributed by atoms with E-state index in [4.69, 9.17) is 6.42 Å². The van der Waals surface area contributed by atoms with Gasteiger partial charge in [-0.3, -0.25) is 4.79 Å². The van der Waals surface area contributed by atoms with Crippen LogP contribution in [0.1, 0.15) is 18.3 Å². The fraction of sp³-hybridized carbons (Fsp3) is 0.200. The summed E-state index contributed by atoms with van der Waals surface area (Å²) in [5.74, 6) is 2.36. The minimum absolute atomic E-state index is 0.0760. The number of pyridine rings is 1. The first-order valence-corrected chi connectivity index (χ1v) is 3.89. The van der Waals surface area contributed by atoms with Crippen LogP contribution in [0.2, 0.25) is 0 Å². The number of hydrogen-bond donors (Lipinski definition) is 1. The summed E-state index contributed by atoms with van der Waals surface area (Å²) in [6.45, 7) is 1.88. The molecule has 66 valence electrons. The van der Waals surface area contributed by atoms with Crippen LogP contribution in [-0.2, 0) is 11.3 Å². The lowest BCUT2D eigenvalue weighted by atomic mass is 10.3. The van der Waals surface area contributed by atoms with Crippen molar-refractivity contribution in [1.82, 2.24) is 10.3 Å². The highest BCUT2D eigenvalue weighted by molar-refractivity contribution is 5.72. The van der Waals surface area contributed by atoms with Crippen molar-refractivity contribution in [2.75, 3.05) is 0 Å². The monoisotopic (exact) mass is 174 g/mol. The molecule has 0 aliphatic rings. The van der Waals surface area contributed by atoms with Gasteiger partial charge in [-0.15, -0.1) is 6.42 Å². The van der Waals surface area contributed by atoms with Crippen LogP contribution in [-0.4, -0.2) is 10.9 Å². The molecule has 0 aliphatic heterocycles. The molecule has 13 heavy (non-hydrogen) atoms. The van der Waals surface area contributed by atoms with Crippen LogP contribution in [0.15, 0.2) is 18.2 Å². The molecule has 0 bridgehead atoms. The molecule has 0 aliphatic carbocycles. The Labute approximate surface area is 77.2 Å². The maximum atomic E-state index is 10.6. The predicted molar refractivity (Wildman–Crippen MR) is 49.7 cm³/mol. The average molecular weight is 174 g/mol. The van der Waals surface area contributed by atoms with E-state index in [0.29, 0.717) is 12.2 Å². The zero-order chi connectivity index (χ0) is 9.68. The van der Waals surface area contributed by atoms with E-state index in [9.17, 15) is 4.79 Å².